The van der Waals surface area contributed by atoms with Crippen molar-refractivity contribution in [2.45, 2.75) is 0 Å². The maximum atomic E-state index is 6.49. The second-order valence-electron chi connectivity index (χ2n) is 6.26. The highest BCUT2D eigenvalue weighted by Crippen LogP contribution is 2.35. The van der Waals surface area contributed by atoms with Crippen LogP contribution in [0.5, 0.6) is 0 Å². The Morgan fingerprint density at radius 2 is 1.48 bits per heavy atom. The first-order chi connectivity index (χ1) is 13.2. The van der Waals surface area contributed by atoms with Crippen LogP contribution in [-0.4, -0.2) is 14.8 Å². The first kappa shape index (κ1) is 16.3. The number of nitrogens with zero attached hydrogens (tertiary/aromatic N) is 3. The van der Waals surface area contributed by atoms with Crippen LogP contribution < -0.4 is 0 Å². The molecule has 0 N–H and O–H groups in total. The molecule has 5 rings (SSSR count). The summed E-state index contributed by atoms with van der Waals surface area (Å²) in [5.74, 6) is 0. The van der Waals surface area contributed by atoms with Crippen LogP contribution in [0.3, 0.4) is 0 Å². The fourth-order valence-electron chi connectivity index (χ4n) is 3.35. The summed E-state index contributed by atoms with van der Waals surface area (Å²) >= 11 is 12.6. The highest BCUT2D eigenvalue weighted by atomic mass is 35.5. The Bertz CT molecular complexity index is 1290. The van der Waals surface area contributed by atoms with Crippen LogP contribution in [0, 0.1) is 0 Å². The molecule has 3 nitrogen and oxygen atoms in total. The zero-order chi connectivity index (χ0) is 18.4. The minimum absolute atomic E-state index is 0.644. The summed E-state index contributed by atoms with van der Waals surface area (Å²) in [6.07, 6.45) is 1.88. The zero-order valence-electron chi connectivity index (χ0n) is 14.1. The molecule has 0 unspecified atom stereocenters. The van der Waals surface area contributed by atoms with Gasteiger partial charge in [-0.25, -0.2) is 4.68 Å². The van der Waals surface area contributed by atoms with Gasteiger partial charge in [0, 0.05) is 27.6 Å². The molecule has 0 atom stereocenters. The van der Waals surface area contributed by atoms with Crippen LogP contribution in [0.25, 0.3) is 38.8 Å². The molecule has 0 aliphatic heterocycles. The predicted molar refractivity (Wildman–Crippen MR) is 112 cm³/mol. The smallest absolute Gasteiger partial charge is 0.102 e. The maximum Gasteiger partial charge on any atom is 0.102 e. The first-order valence-corrected chi connectivity index (χ1v) is 9.25. The fourth-order valence-corrected chi connectivity index (χ4v) is 3.69. The SMILES string of the molecule is Clc1ccc(-c2nn(-c3ccccc3Cl)c3c2cnc2ccccc23)cc1. The lowest BCUT2D eigenvalue weighted by atomic mass is 10.1. The second-order valence-corrected chi connectivity index (χ2v) is 7.10. The monoisotopic (exact) mass is 389 g/mol. The molecule has 0 amide bonds. The van der Waals surface area contributed by atoms with E-state index in [0.29, 0.717) is 10.0 Å². The van der Waals surface area contributed by atoms with Gasteiger partial charge in [-0.3, -0.25) is 4.98 Å². The molecule has 2 heterocycles. The Morgan fingerprint density at radius 3 is 2.30 bits per heavy atom. The van der Waals surface area contributed by atoms with E-state index in [1.807, 2.05) is 77.6 Å². The molecule has 5 aromatic rings. The van der Waals surface area contributed by atoms with Gasteiger partial charge in [0.15, 0.2) is 0 Å². The average Bonchev–Trinajstić information content (AvgIpc) is 3.09. The largest absolute Gasteiger partial charge is 0.255 e. The van der Waals surface area contributed by atoms with Gasteiger partial charge in [0.2, 0.25) is 0 Å². The predicted octanol–water partition coefficient (Wildman–Crippen LogP) is 6.55. The third-order valence-electron chi connectivity index (χ3n) is 4.61. The highest BCUT2D eigenvalue weighted by molar-refractivity contribution is 6.32. The number of aromatic nitrogens is 3. The van der Waals surface area contributed by atoms with E-state index in [1.54, 1.807) is 0 Å². The third-order valence-corrected chi connectivity index (χ3v) is 5.18. The van der Waals surface area contributed by atoms with Crippen molar-refractivity contribution in [3.63, 3.8) is 0 Å². The molecule has 0 saturated heterocycles. The van der Waals surface area contributed by atoms with Crippen molar-refractivity contribution in [2.75, 3.05) is 0 Å². The molecule has 27 heavy (non-hydrogen) atoms. The van der Waals surface area contributed by atoms with E-state index in [-0.39, 0.29) is 0 Å². The Kier molecular flexibility index (Phi) is 3.85. The highest BCUT2D eigenvalue weighted by Gasteiger charge is 2.18. The van der Waals surface area contributed by atoms with Crippen LogP contribution in [0.4, 0.5) is 0 Å². The molecule has 130 valence electrons. The molecule has 2 aromatic heterocycles. The molecule has 5 heteroatoms. The standard InChI is InChI=1S/C22H13Cl2N3/c23-15-11-9-14(10-12-15)21-17-13-25-19-7-3-1-5-16(19)22(17)27(26-21)20-8-4-2-6-18(20)24/h1-13H. The van der Waals surface area contributed by atoms with E-state index in [2.05, 4.69) is 11.1 Å². The van der Waals surface area contributed by atoms with E-state index in [9.17, 15) is 0 Å². The quantitative estimate of drug-likeness (QED) is 0.342. The van der Waals surface area contributed by atoms with Crippen LogP contribution in [0.2, 0.25) is 10.0 Å². The van der Waals surface area contributed by atoms with Gasteiger partial charge in [0.25, 0.3) is 0 Å². The Balaban J connectivity index is 1.92. The Labute approximate surface area is 165 Å². The normalized spacial score (nSPS) is 11.3. The second kappa shape index (κ2) is 6.38. The van der Waals surface area contributed by atoms with E-state index >= 15 is 0 Å². The van der Waals surface area contributed by atoms with Gasteiger partial charge >= 0.3 is 0 Å². The van der Waals surface area contributed by atoms with Crippen molar-refractivity contribution in [3.8, 4) is 16.9 Å². The summed E-state index contributed by atoms with van der Waals surface area (Å²) in [5, 5.41) is 8.25. The Hall–Kier alpha value is -2.88. The average molecular weight is 390 g/mol. The van der Waals surface area contributed by atoms with Crippen LogP contribution in [-0.2, 0) is 0 Å². The summed E-state index contributed by atoms with van der Waals surface area (Å²) in [4.78, 5) is 4.63. The summed E-state index contributed by atoms with van der Waals surface area (Å²) in [6, 6.07) is 23.4. The maximum absolute atomic E-state index is 6.49. The number of pyridine rings is 1. The van der Waals surface area contributed by atoms with Gasteiger partial charge in [-0.1, -0.05) is 65.7 Å². The summed E-state index contributed by atoms with van der Waals surface area (Å²) < 4.78 is 1.91. The van der Waals surface area contributed by atoms with Crippen LogP contribution in [0.15, 0.2) is 79.0 Å². The molecule has 0 spiro atoms. The van der Waals surface area contributed by atoms with Crippen LogP contribution in [0.1, 0.15) is 0 Å². The topological polar surface area (TPSA) is 30.7 Å². The third kappa shape index (κ3) is 2.67. The molecule has 0 aliphatic carbocycles. The Morgan fingerprint density at radius 1 is 0.741 bits per heavy atom. The van der Waals surface area contributed by atoms with Gasteiger partial charge in [0.1, 0.15) is 5.69 Å². The number of para-hydroxylation sites is 2. The molecule has 0 radical (unpaired) electrons. The summed E-state index contributed by atoms with van der Waals surface area (Å²) in [6.45, 7) is 0. The number of halogens is 2. The van der Waals surface area contributed by atoms with Crippen molar-refractivity contribution in [1.82, 2.24) is 14.8 Å². The van der Waals surface area contributed by atoms with Gasteiger partial charge in [0.05, 0.1) is 21.7 Å². The number of benzene rings is 3. The minimum atomic E-state index is 0.644. The van der Waals surface area contributed by atoms with Gasteiger partial charge in [-0.05, 0) is 30.3 Å². The zero-order valence-corrected chi connectivity index (χ0v) is 15.6. The van der Waals surface area contributed by atoms with Gasteiger partial charge < -0.3 is 0 Å². The first-order valence-electron chi connectivity index (χ1n) is 8.50. The van der Waals surface area contributed by atoms with Crippen molar-refractivity contribution in [1.29, 1.82) is 0 Å². The summed E-state index contributed by atoms with van der Waals surface area (Å²) in [7, 11) is 0. The molecule has 0 fully saturated rings. The number of hydrogen-bond acceptors (Lipinski definition) is 2. The lowest BCUT2D eigenvalue weighted by molar-refractivity contribution is 0.918. The molecule has 0 saturated carbocycles. The van der Waals surface area contributed by atoms with Crippen molar-refractivity contribution in [2.24, 2.45) is 0 Å². The lowest BCUT2D eigenvalue weighted by Crippen LogP contribution is -1.98. The van der Waals surface area contributed by atoms with Crippen molar-refractivity contribution in [3.05, 3.63) is 89.0 Å². The minimum Gasteiger partial charge on any atom is -0.255 e. The van der Waals surface area contributed by atoms with E-state index in [1.165, 1.54) is 0 Å². The number of rotatable bonds is 2. The molecular formula is C22H13Cl2N3. The van der Waals surface area contributed by atoms with E-state index in [4.69, 9.17) is 28.3 Å². The van der Waals surface area contributed by atoms with Crippen molar-refractivity contribution >= 4 is 45.0 Å². The van der Waals surface area contributed by atoms with Gasteiger partial charge in [-0.2, -0.15) is 5.10 Å². The molecular weight excluding hydrogens is 377 g/mol. The number of hydrogen-bond donors (Lipinski definition) is 0. The molecule has 3 aromatic carbocycles. The number of fused-ring (bicyclic) bond motifs is 3. The molecule has 0 bridgehead atoms. The van der Waals surface area contributed by atoms with Gasteiger partial charge in [-0.15, -0.1) is 0 Å². The van der Waals surface area contributed by atoms with Crippen LogP contribution >= 0.6 is 23.2 Å². The van der Waals surface area contributed by atoms with Crippen molar-refractivity contribution < 1.29 is 0 Å². The summed E-state index contributed by atoms with van der Waals surface area (Å²) in [5.41, 5.74) is 4.56. The fraction of sp³-hybridized carbons (Fsp3) is 0. The molecule has 0 aliphatic rings. The lowest BCUT2D eigenvalue weighted by Gasteiger charge is -2.07. The van der Waals surface area contributed by atoms with E-state index < -0.39 is 0 Å². The van der Waals surface area contributed by atoms with E-state index in [0.717, 1.165) is 38.8 Å².